The Hall–Kier alpha value is -1.26. The third-order valence-corrected chi connectivity index (χ3v) is 3.53. The van der Waals surface area contributed by atoms with Gasteiger partial charge in [-0.15, -0.1) is 0 Å². The lowest BCUT2D eigenvalue weighted by Gasteiger charge is -2.23. The zero-order valence-electron chi connectivity index (χ0n) is 11.3. The molecule has 5 heteroatoms. The molecule has 18 heavy (non-hydrogen) atoms. The Morgan fingerprint density at radius 3 is 2.50 bits per heavy atom. The van der Waals surface area contributed by atoms with Crippen LogP contribution in [-0.2, 0) is 4.79 Å². The van der Waals surface area contributed by atoms with Gasteiger partial charge in [0.15, 0.2) is 0 Å². The first-order valence-electron chi connectivity index (χ1n) is 6.79. The summed E-state index contributed by atoms with van der Waals surface area (Å²) in [7, 11) is 1.73. The lowest BCUT2D eigenvalue weighted by atomic mass is 10.1. The minimum Gasteiger partial charge on any atom is -0.480 e. The van der Waals surface area contributed by atoms with Crippen LogP contribution in [0.25, 0.3) is 0 Å². The van der Waals surface area contributed by atoms with Crippen molar-refractivity contribution in [2.24, 2.45) is 5.92 Å². The molecule has 1 atom stereocenters. The zero-order valence-corrected chi connectivity index (χ0v) is 11.3. The normalized spacial score (nSPS) is 17.4. The number of nitrogens with zero attached hydrogens (tertiary/aromatic N) is 1. The van der Waals surface area contributed by atoms with Gasteiger partial charge in [0.25, 0.3) is 0 Å². The Morgan fingerprint density at radius 1 is 1.39 bits per heavy atom. The van der Waals surface area contributed by atoms with Crippen molar-refractivity contribution in [3.05, 3.63) is 0 Å². The quantitative estimate of drug-likeness (QED) is 0.764. The lowest BCUT2D eigenvalue weighted by molar-refractivity contribution is -0.139. The van der Waals surface area contributed by atoms with Gasteiger partial charge in [0.2, 0.25) is 0 Å². The van der Waals surface area contributed by atoms with Crippen molar-refractivity contribution in [2.75, 3.05) is 13.6 Å². The van der Waals surface area contributed by atoms with Gasteiger partial charge < -0.3 is 15.3 Å². The number of hydrogen-bond donors (Lipinski definition) is 2. The molecule has 0 unspecified atom stereocenters. The fourth-order valence-corrected chi connectivity index (χ4v) is 2.47. The Balaban J connectivity index is 2.39. The maximum Gasteiger partial charge on any atom is 0.326 e. The summed E-state index contributed by atoms with van der Waals surface area (Å²) in [5.74, 6) is -0.380. The van der Waals surface area contributed by atoms with E-state index < -0.39 is 12.0 Å². The summed E-state index contributed by atoms with van der Waals surface area (Å²) in [4.78, 5) is 24.4. The van der Waals surface area contributed by atoms with Crippen LogP contribution in [0.15, 0.2) is 0 Å². The number of carbonyl (C=O) groups excluding carboxylic acids is 1. The number of nitrogens with one attached hydrogen (secondary N) is 1. The standard InChI is InChI=1S/C13H24N2O3/c1-3-6-11(12(16)17)14-13(18)15(2)9-10-7-4-5-8-10/h10-11H,3-9H2,1-2H3,(H,14,18)(H,16,17)/t11-/m0/s1. The van der Waals surface area contributed by atoms with Crippen molar-refractivity contribution in [1.82, 2.24) is 10.2 Å². The molecular formula is C13H24N2O3. The maximum atomic E-state index is 11.9. The highest BCUT2D eigenvalue weighted by molar-refractivity contribution is 5.82. The van der Waals surface area contributed by atoms with E-state index in [9.17, 15) is 9.59 Å². The summed E-state index contributed by atoms with van der Waals surface area (Å²) in [5, 5.41) is 11.6. The highest BCUT2D eigenvalue weighted by atomic mass is 16.4. The topological polar surface area (TPSA) is 69.6 Å². The van der Waals surface area contributed by atoms with Crippen LogP contribution in [0.5, 0.6) is 0 Å². The minimum absolute atomic E-state index is 0.275. The van der Waals surface area contributed by atoms with E-state index in [-0.39, 0.29) is 6.03 Å². The predicted molar refractivity (Wildman–Crippen MR) is 69.5 cm³/mol. The predicted octanol–water partition coefficient (Wildman–Crippen LogP) is 2.07. The van der Waals surface area contributed by atoms with Crippen LogP contribution in [0.3, 0.4) is 0 Å². The van der Waals surface area contributed by atoms with Crippen molar-refractivity contribution >= 4 is 12.0 Å². The first-order valence-corrected chi connectivity index (χ1v) is 6.79. The second-order valence-electron chi connectivity index (χ2n) is 5.16. The number of aliphatic carboxylic acids is 1. The molecule has 0 aromatic carbocycles. The first-order chi connectivity index (χ1) is 8.54. The van der Waals surface area contributed by atoms with E-state index in [4.69, 9.17) is 5.11 Å². The third-order valence-electron chi connectivity index (χ3n) is 3.53. The van der Waals surface area contributed by atoms with Crippen LogP contribution in [0.2, 0.25) is 0 Å². The van der Waals surface area contributed by atoms with Gasteiger partial charge in [0.1, 0.15) is 6.04 Å². The van der Waals surface area contributed by atoms with Crippen LogP contribution in [-0.4, -0.2) is 41.6 Å². The molecule has 1 rings (SSSR count). The second kappa shape index (κ2) is 7.24. The Morgan fingerprint density at radius 2 is 2.00 bits per heavy atom. The summed E-state index contributed by atoms with van der Waals surface area (Å²) in [5.41, 5.74) is 0. The Bertz CT molecular complexity index is 288. The number of urea groups is 1. The highest BCUT2D eigenvalue weighted by Gasteiger charge is 2.23. The number of rotatable bonds is 6. The van der Waals surface area contributed by atoms with Crippen LogP contribution in [0.4, 0.5) is 4.79 Å². The monoisotopic (exact) mass is 256 g/mol. The summed E-state index contributed by atoms with van der Waals surface area (Å²) in [6.45, 7) is 2.63. The van der Waals surface area contributed by atoms with Gasteiger partial charge in [-0.3, -0.25) is 0 Å². The van der Waals surface area contributed by atoms with Crippen molar-refractivity contribution in [3.63, 3.8) is 0 Å². The molecule has 0 heterocycles. The largest absolute Gasteiger partial charge is 0.480 e. The summed E-state index contributed by atoms with van der Waals surface area (Å²) < 4.78 is 0. The van der Waals surface area contributed by atoms with E-state index in [0.717, 1.165) is 13.0 Å². The maximum absolute atomic E-state index is 11.9. The van der Waals surface area contributed by atoms with E-state index in [1.165, 1.54) is 25.7 Å². The van der Waals surface area contributed by atoms with E-state index >= 15 is 0 Å². The Labute approximate surface area is 109 Å². The third kappa shape index (κ3) is 4.55. The SMILES string of the molecule is CCC[C@H](NC(=O)N(C)CC1CCCC1)C(=O)O. The van der Waals surface area contributed by atoms with Gasteiger partial charge in [0.05, 0.1) is 0 Å². The van der Waals surface area contributed by atoms with Crippen LogP contribution < -0.4 is 5.32 Å². The molecule has 0 aromatic heterocycles. The van der Waals surface area contributed by atoms with E-state index in [0.29, 0.717) is 12.3 Å². The van der Waals surface area contributed by atoms with E-state index in [1.807, 2.05) is 6.92 Å². The molecule has 0 saturated heterocycles. The molecule has 1 saturated carbocycles. The van der Waals surface area contributed by atoms with Crippen molar-refractivity contribution in [3.8, 4) is 0 Å². The van der Waals surface area contributed by atoms with Gasteiger partial charge in [-0.25, -0.2) is 9.59 Å². The Kier molecular flexibility index (Phi) is 5.95. The number of hydrogen-bond acceptors (Lipinski definition) is 2. The number of carboxylic acid groups (broad SMARTS) is 1. The molecule has 1 aliphatic carbocycles. The van der Waals surface area contributed by atoms with Crippen LogP contribution in [0, 0.1) is 5.92 Å². The number of carboxylic acids is 1. The van der Waals surface area contributed by atoms with Gasteiger partial charge >= 0.3 is 12.0 Å². The molecule has 1 aliphatic rings. The minimum atomic E-state index is -0.959. The van der Waals surface area contributed by atoms with Gasteiger partial charge in [0, 0.05) is 13.6 Å². The van der Waals surface area contributed by atoms with Crippen molar-refractivity contribution in [1.29, 1.82) is 0 Å². The van der Waals surface area contributed by atoms with E-state index in [1.54, 1.807) is 11.9 Å². The van der Waals surface area contributed by atoms with Crippen LogP contribution in [0.1, 0.15) is 45.4 Å². The zero-order chi connectivity index (χ0) is 13.5. The number of amides is 2. The number of carbonyl (C=O) groups is 2. The fourth-order valence-electron chi connectivity index (χ4n) is 2.47. The van der Waals surface area contributed by atoms with Crippen molar-refractivity contribution in [2.45, 2.75) is 51.5 Å². The summed E-state index contributed by atoms with van der Waals surface area (Å²) in [6.07, 6.45) is 6.05. The van der Waals surface area contributed by atoms with Gasteiger partial charge in [-0.2, -0.15) is 0 Å². The van der Waals surface area contributed by atoms with Gasteiger partial charge in [-0.05, 0) is 25.2 Å². The average molecular weight is 256 g/mol. The molecule has 104 valence electrons. The first kappa shape index (κ1) is 14.8. The second-order valence-corrected chi connectivity index (χ2v) is 5.16. The molecule has 2 amide bonds. The lowest BCUT2D eigenvalue weighted by Crippen LogP contribution is -2.47. The smallest absolute Gasteiger partial charge is 0.326 e. The summed E-state index contributed by atoms with van der Waals surface area (Å²) >= 11 is 0. The molecule has 2 N–H and O–H groups in total. The average Bonchev–Trinajstić information content (AvgIpc) is 2.80. The molecular weight excluding hydrogens is 232 g/mol. The fraction of sp³-hybridized carbons (Fsp3) is 0.846. The molecule has 0 aromatic rings. The molecule has 1 fully saturated rings. The molecule has 0 bridgehead atoms. The van der Waals surface area contributed by atoms with Crippen molar-refractivity contribution < 1.29 is 14.7 Å². The molecule has 5 nitrogen and oxygen atoms in total. The van der Waals surface area contributed by atoms with Gasteiger partial charge in [-0.1, -0.05) is 26.2 Å². The summed E-state index contributed by atoms with van der Waals surface area (Å²) in [6, 6.07) is -1.05. The van der Waals surface area contributed by atoms with E-state index in [2.05, 4.69) is 5.32 Å². The molecule has 0 radical (unpaired) electrons. The molecule has 0 aliphatic heterocycles. The van der Waals surface area contributed by atoms with Crippen LogP contribution >= 0.6 is 0 Å². The molecule has 0 spiro atoms. The highest BCUT2D eigenvalue weighted by Crippen LogP contribution is 2.25.